The van der Waals surface area contributed by atoms with Crippen LogP contribution >= 0.6 is 11.8 Å². The first kappa shape index (κ1) is 20.1. The van der Waals surface area contributed by atoms with E-state index in [0.717, 1.165) is 11.8 Å². The Morgan fingerprint density at radius 1 is 1.28 bits per heavy atom. The van der Waals surface area contributed by atoms with Crippen molar-refractivity contribution in [2.24, 2.45) is 0 Å². The standard InChI is InChI=1S/C20H16N4O4S/c21-11-17-16(13-5-4-8-15(9-13)24(27)28)10-18(25)23-20(17)29-12-19(26)22-14-6-2-1-3-7-14/h1-9,16H,10,12H2,(H,22,26)(H,23,25). The van der Waals surface area contributed by atoms with E-state index in [1.165, 1.54) is 18.2 Å². The molecule has 0 fully saturated rings. The van der Waals surface area contributed by atoms with Gasteiger partial charge in [-0.25, -0.2) is 0 Å². The number of nitrogens with zero attached hydrogens (tertiary/aromatic N) is 2. The van der Waals surface area contributed by atoms with Gasteiger partial charge in [-0.1, -0.05) is 42.1 Å². The number of nitro benzene ring substituents is 1. The van der Waals surface area contributed by atoms with Crippen LogP contribution in [-0.2, 0) is 9.59 Å². The second-order valence-corrected chi connectivity index (χ2v) is 7.20. The summed E-state index contributed by atoms with van der Waals surface area (Å²) >= 11 is 1.05. The summed E-state index contributed by atoms with van der Waals surface area (Å²) in [4.78, 5) is 34.9. The number of benzene rings is 2. The Balaban J connectivity index is 1.80. The van der Waals surface area contributed by atoms with Crippen molar-refractivity contribution in [2.75, 3.05) is 11.1 Å². The molecule has 1 atom stereocenters. The largest absolute Gasteiger partial charge is 0.325 e. The zero-order valence-corrected chi connectivity index (χ0v) is 15.9. The van der Waals surface area contributed by atoms with Crippen molar-refractivity contribution in [3.05, 3.63) is 80.9 Å². The molecule has 3 rings (SSSR count). The molecule has 1 aliphatic heterocycles. The fourth-order valence-corrected chi connectivity index (χ4v) is 3.81. The lowest BCUT2D eigenvalue weighted by Gasteiger charge is -2.24. The topological polar surface area (TPSA) is 125 Å². The fraction of sp³-hybridized carbons (Fsp3) is 0.150. The van der Waals surface area contributed by atoms with Gasteiger partial charge in [0.05, 0.1) is 27.3 Å². The first-order valence-corrected chi connectivity index (χ1v) is 9.62. The Labute approximate surface area is 170 Å². The minimum Gasteiger partial charge on any atom is -0.325 e. The maximum absolute atomic E-state index is 12.2. The Kier molecular flexibility index (Phi) is 6.26. The van der Waals surface area contributed by atoms with Gasteiger partial charge in [0.15, 0.2) is 0 Å². The predicted octanol–water partition coefficient (Wildman–Crippen LogP) is 3.31. The molecule has 0 saturated heterocycles. The molecule has 0 spiro atoms. The molecule has 1 heterocycles. The molecule has 2 amide bonds. The summed E-state index contributed by atoms with van der Waals surface area (Å²) in [6.45, 7) is 0. The van der Waals surface area contributed by atoms with Crippen LogP contribution in [-0.4, -0.2) is 22.5 Å². The van der Waals surface area contributed by atoms with Gasteiger partial charge in [-0.3, -0.25) is 19.7 Å². The highest BCUT2D eigenvalue weighted by Gasteiger charge is 2.30. The number of para-hydroxylation sites is 1. The van der Waals surface area contributed by atoms with Gasteiger partial charge >= 0.3 is 0 Å². The van der Waals surface area contributed by atoms with Gasteiger partial charge in [0.1, 0.15) is 0 Å². The van der Waals surface area contributed by atoms with E-state index in [2.05, 4.69) is 16.7 Å². The minimum atomic E-state index is -0.603. The normalized spacial score (nSPS) is 16.0. The van der Waals surface area contributed by atoms with Crippen LogP contribution in [0.2, 0.25) is 0 Å². The molecule has 0 bridgehead atoms. The molecule has 8 nitrogen and oxygen atoms in total. The van der Waals surface area contributed by atoms with E-state index in [9.17, 15) is 25.0 Å². The first-order valence-electron chi connectivity index (χ1n) is 8.64. The second-order valence-electron chi connectivity index (χ2n) is 6.21. The average molecular weight is 408 g/mol. The van der Waals surface area contributed by atoms with E-state index in [1.54, 1.807) is 30.3 Å². The molecule has 29 heavy (non-hydrogen) atoms. The fourth-order valence-electron chi connectivity index (χ4n) is 2.93. The van der Waals surface area contributed by atoms with E-state index in [-0.39, 0.29) is 35.2 Å². The maximum Gasteiger partial charge on any atom is 0.269 e. The number of hydrogen-bond donors (Lipinski definition) is 2. The summed E-state index contributed by atoms with van der Waals surface area (Å²) in [6, 6.07) is 16.9. The zero-order chi connectivity index (χ0) is 20.8. The number of amides is 2. The number of non-ortho nitro benzene ring substituents is 1. The maximum atomic E-state index is 12.2. The van der Waals surface area contributed by atoms with Crippen LogP contribution in [0.1, 0.15) is 17.9 Å². The van der Waals surface area contributed by atoms with E-state index in [1.807, 2.05) is 6.07 Å². The molecular formula is C20H16N4O4S. The van der Waals surface area contributed by atoms with Crippen molar-refractivity contribution >= 4 is 35.0 Å². The van der Waals surface area contributed by atoms with E-state index in [0.29, 0.717) is 16.3 Å². The number of thioether (sulfide) groups is 1. The van der Waals surface area contributed by atoms with Crippen molar-refractivity contribution in [1.82, 2.24) is 5.32 Å². The SMILES string of the molecule is N#CC1=C(SCC(=O)Nc2ccccc2)NC(=O)CC1c1cccc([N+](=O)[O-])c1. The molecule has 2 aromatic carbocycles. The lowest BCUT2D eigenvalue weighted by molar-refractivity contribution is -0.384. The summed E-state index contributed by atoms with van der Waals surface area (Å²) in [7, 11) is 0. The minimum absolute atomic E-state index is 0.00263. The molecule has 0 aromatic heterocycles. The molecule has 1 unspecified atom stereocenters. The van der Waals surface area contributed by atoms with Gasteiger partial charge < -0.3 is 10.6 Å². The Hall–Kier alpha value is -3.64. The summed E-state index contributed by atoms with van der Waals surface area (Å²) in [5, 5.41) is 26.4. The van der Waals surface area contributed by atoms with E-state index < -0.39 is 10.8 Å². The third-order valence-electron chi connectivity index (χ3n) is 4.24. The van der Waals surface area contributed by atoms with Crippen LogP contribution in [0, 0.1) is 21.4 Å². The van der Waals surface area contributed by atoms with Crippen molar-refractivity contribution in [1.29, 1.82) is 5.26 Å². The Morgan fingerprint density at radius 3 is 2.72 bits per heavy atom. The smallest absolute Gasteiger partial charge is 0.269 e. The van der Waals surface area contributed by atoms with Gasteiger partial charge in [-0.05, 0) is 17.7 Å². The number of hydrogen-bond acceptors (Lipinski definition) is 6. The van der Waals surface area contributed by atoms with Crippen molar-refractivity contribution in [2.45, 2.75) is 12.3 Å². The highest BCUT2D eigenvalue weighted by Crippen LogP contribution is 2.36. The molecule has 2 aromatic rings. The van der Waals surface area contributed by atoms with Crippen LogP contribution in [0.4, 0.5) is 11.4 Å². The lowest BCUT2D eigenvalue weighted by atomic mass is 9.87. The van der Waals surface area contributed by atoms with Crippen molar-refractivity contribution in [3.63, 3.8) is 0 Å². The number of carbonyl (C=O) groups excluding carboxylic acids is 2. The summed E-state index contributed by atoms with van der Waals surface area (Å²) in [5.41, 5.74) is 1.33. The zero-order valence-electron chi connectivity index (χ0n) is 15.1. The van der Waals surface area contributed by atoms with Gasteiger partial charge in [-0.15, -0.1) is 0 Å². The monoisotopic (exact) mass is 408 g/mol. The predicted molar refractivity (Wildman–Crippen MR) is 109 cm³/mol. The summed E-state index contributed by atoms with van der Waals surface area (Å²) in [6.07, 6.45) is 0.00430. The third-order valence-corrected chi connectivity index (χ3v) is 5.26. The number of nitrogens with one attached hydrogen (secondary N) is 2. The molecule has 0 aliphatic carbocycles. The van der Waals surface area contributed by atoms with Crippen LogP contribution in [0.3, 0.4) is 0 Å². The second kappa shape index (κ2) is 9.03. The summed E-state index contributed by atoms with van der Waals surface area (Å²) in [5.74, 6) is -1.20. The van der Waals surface area contributed by atoms with Gasteiger partial charge in [-0.2, -0.15) is 5.26 Å². The molecule has 0 radical (unpaired) electrons. The van der Waals surface area contributed by atoms with Gasteiger partial charge in [0.25, 0.3) is 5.69 Å². The van der Waals surface area contributed by atoms with Gasteiger partial charge in [0.2, 0.25) is 11.8 Å². The van der Waals surface area contributed by atoms with Crippen LogP contribution in [0.15, 0.2) is 65.2 Å². The summed E-state index contributed by atoms with van der Waals surface area (Å²) < 4.78 is 0. The number of carbonyl (C=O) groups is 2. The van der Waals surface area contributed by atoms with E-state index >= 15 is 0 Å². The molecule has 146 valence electrons. The number of nitro groups is 1. The highest BCUT2D eigenvalue weighted by molar-refractivity contribution is 8.03. The molecule has 2 N–H and O–H groups in total. The lowest BCUT2D eigenvalue weighted by Crippen LogP contribution is -2.31. The molecule has 1 aliphatic rings. The van der Waals surface area contributed by atoms with Gasteiger partial charge in [0, 0.05) is 30.2 Å². The number of rotatable bonds is 6. The molecule has 0 saturated carbocycles. The first-order chi connectivity index (χ1) is 14.0. The number of anilines is 1. The highest BCUT2D eigenvalue weighted by atomic mass is 32.2. The Morgan fingerprint density at radius 2 is 2.03 bits per heavy atom. The van der Waals surface area contributed by atoms with E-state index in [4.69, 9.17) is 0 Å². The van der Waals surface area contributed by atoms with Crippen LogP contribution in [0.5, 0.6) is 0 Å². The molecular weight excluding hydrogens is 392 g/mol. The molecule has 9 heteroatoms. The quantitative estimate of drug-likeness (QED) is 0.558. The number of nitriles is 1. The van der Waals surface area contributed by atoms with Crippen LogP contribution in [0.25, 0.3) is 0 Å². The van der Waals surface area contributed by atoms with Crippen molar-refractivity contribution in [3.8, 4) is 6.07 Å². The Bertz CT molecular complexity index is 1030. The third kappa shape index (κ3) is 5.00. The number of allylic oxidation sites excluding steroid dienone is 1. The average Bonchev–Trinajstić information content (AvgIpc) is 2.72. The van der Waals surface area contributed by atoms with Crippen molar-refractivity contribution < 1.29 is 14.5 Å². The van der Waals surface area contributed by atoms with Crippen LogP contribution < -0.4 is 10.6 Å².